The molecule has 5 nitrogen and oxygen atoms in total. The summed E-state index contributed by atoms with van der Waals surface area (Å²) in [5, 5.41) is 41.2. The van der Waals surface area contributed by atoms with E-state index in [2.05, 4.69) is 6.92 Å². The molecule has 0 aromatic rings. The smallest absolute Gasteiger partial charge is 0.137 e. The van der Waals surface area contributed by atoms with Crippen LogP contribution >= 0.6 is 0 Å². The fraction of sp³-hybridized carbons (Fsp3) is 0.952. The second kappa shape index (κ2) is 6.00. The minimum atomic E-state index is -1.38. The Labute approximate surface area is 155 Å². The molecule has 0 heterocycles. The van der Waals surface area contributed by atoms with E-state index >= 15 is 0 Å². The van der Waals surface area contributed by atoms with Crippen LogP contribution in [0.3, 0.4) is 0 Å². The minimum Gasteiger partial charge on any atom is -0.394 e. The molecule has 4 fully saturated rings. The van der Waals surface area contributed by atoms with Crippen LogP contribution in [0.25, 0.3) is 0 Å². The van der Waals surface area contributed by atoms with Gasteiger partial charge in [0.15, 0.2) is 0 Å². The average molecular weight is 366 g/mol. The molecule has 148 valence electrons. The van der Waals surface area contributed by atoms with Gasteiger partial charge in [0, 0.05) is 17.8 Å². The lowest BCUT2D eigenvalue weighted by Gasteiger charge is -2.60. The molecule has 0 unspecified atom stereocenters. The van der Waals surface area contributed by atoms with Crippen LogP contribution in [0, 0.1) is 34.5 Å². The van der Waals surface area contributed by atoms with E-state index in [1.807, 2.05) is 6.92 Å². The number of aliphatic hydroxyl groups excluding tert-OH is 3. The average Bonchev–Trinajstić information content (AvgIpc) is 2.86. The molecule has 0 aromatic carbocycles. The fourth-order valence-electron chi connectivity index (χ4n) is 7.79. The number of aliphatic hydroxyl groups is 4. The van der Waals surface area contributed by atoms with Gasteiger partial charge in [-0.15, -0.1) is 0 Å². The zero-order chi connectivity index (χ0) is 18.9. The van der Waals surface area contributed by atoms with E-state index in [1.54, 1.807) is 0 Å². The molecule has 4 N–H and O–H groups in total. The molecule has 0 bridgehead atoms. The third-order valence-corrected chi connectivity index (χ3v) is 9.27. The number of fused-ring (bicyclic) bond motifs is 5. The van der Waals surface area contributed by atoms with Crippen LogP contribution in [0.1, 0.15) is 65.2 Å². The Bertz CT molecular complexity index is 593. The molecule has 0 spiro atoms. The van der Waals surface area contributed by atoms with Gasteiger partial charge < -0.3 is 20.4 Å². The van der Waals surface area contributed by atoms with Crippen molar-refractivity contribution < 1.29 is 25.2 Å². The molecule has 0 amide bonds. The topological polar surface area (TPSA) is 98.0 Å². The molecule has 26 heavy (non-hydrogen) atoms. The van der Waals surface area contributed by atoms with Crippen molar-refractivity contribution in [1.82, 2.24) is 0 Å². The quantitative estimate of drug-likeness (QED) is 0.596. The van der Waals surface area contributed by atoms with Crippen LogP contribution in [0.5, 0.6) is 0 Å². The molecule has 4 saturated carbocycles. The normalized spacial score (nSPS) is 55.0. The van der Waals surface area contributed by atoms with Gasteiger partial charge in [0.2, 0.25) is 0 Å². The van der Waals surface area contributed by atoms with Gasteiger partial charge in [0.1, 0.15) is 11.9 Å². The first-order chi connectivity index (χ1) is 12.2. The van der Waals surface area contributed by atoms with E-state index in [-0.39, 0.29) is 41.5 Å². The number of hydrogen-bond donors (Lipinski definition) is 4. The second-order valence-electron chi connectivity index (χ2n) is 10.2. The SMILES string of the molecule is C[C@]12CC[C@@H](O)C[C@@H]1CC[C@@H]1[C@@H]2C(=O)C[C@]2(C)[C@H]1CC[C@]2(O)[C@@H](O)CO. The zero-order valence-corrected chi connectivity index (χ0v) is 16.0. The van der Waals surface area contributed by atoms with Gasteiger partial charge in [-0.2, -0.15) is 0 Å². The van der Waals surface area contributed by atoms with Crippen molar-refractivity contribution >= 4 is 5.78 Å². The van der Waals surface area contributed by atoms with E-state index in [0.29, 0.717) is 12.3 Å². The first kappa shape index (κ1) is 18.9. The summed E-state index contributed by atoms with van der Waals surface area (Å²) >= 11 is 0. The Balaban J connectivity index is 1.69. The first-order valence-corrected chi connectivity index (χ1v) is 10.4. The monoisotopic (exact) mass is 366 g/mol. The number of hydrogen-bond acceptors (Lipinski definition) is 5. The summed E-state index contributed by atoms with van der Waals surface area (Å²) in [6, 6.07) is 0. The maximum absolute atomic E-state index is 13.4. The maximum Gasteiger partial charge on any atom is 0.137 e. The van der Waals surface area contributed by atoms with Crippen LogP contribution in [0.2, 0.25) is 0 Å². The molecule has 0 aliphatic heterocycles. The standard InChI is InChI=1S/C21H34O5/c1-19-7-5-13(23)9-12(19)3-4-14-15-6-8-21(26,17(25)11-22)20(15,2)10-16(24)18(14)19/h12-15,17-18,22-23,25-26H,3-11H2,1-2H3/t12-,13+,14-,15-,17-,18+,19-,20+,21-/m0/s1. The Hall–Kier alpha value is -0.490. The van der Waals surface area contributed by atoms with Crippen LogP contribution in [0.4, 0.5) is 0 Å². The molecule has 5 heteroatoms. The van der Waals surface area contributed by atoms with Gasteiger partial charge in [-0.05, 0) is 68.1 Å². The summed E-state index contributed by atoms with van der Waals surface area (Å²) in [5.74, 6) is 1.10. The number of ketones is 1. The highest BCUT2D eigenvalue weighted by molar-refractivity contribution is 5.84. The molecule has 0 saturated heterocycles. The Kier molecular flexibility index (Phi) is 4.35. The van der Waals surface area contributed by atoms with Crippen molar-refractivity contribution in [2.75, 3.05) is 6.61 Å². The molecule has 0 aromatic heterocycles. The summed E-state index contributed by atoms with van der Waals surface area (Å²) in [4.78, 5) is 13.4. The number of Topliss-reactive ketones (excluding diaryl/α,β-unsaturated/α-hetero) is 1. The van der Waals surface area contributed by atoms with Crippen molar-refractivity contribution in [2.24, 2.45) is 34.5 Å². The predicted octanol–water partition coefficient (Wildman–Crippen LogP) is 1.65. The highest BCUT2D eigenvalue weighted by Gasteiger charge is 2.68. The van der Waals surface area contributed by atoms with Gasteiger partial charge in [-0.3, -0.25) is 4.79 Å². The molecule has 4 rings (SSSR count). The first-order valence-electron chi connectivity index (χ1n) is 10.4. The highest BCUT2D eigenvalue weighted by atomic mass is 16.4. The number of carbonyl (C=O) groups excluding carboxylic acids is 1. The summed E-state index contributed by atoms with van der Waals surface area (Å²) in [5.41, 5.74) is -2.09. The van der Waals surface area contributed by atoms with E-state index in [0.717, 1.165) is 38.5 Å². The largest absolute Gasteiger partial charge is 0.394 e. The van der Waals surface area contributed by atoms with E-state index in [9.17, 15) is 25.2 Å². The van der Waals surface area contributed by atoms with Crippen LogP contribution in [0.15, 0.2) is 0 Å². The van der Waals surface area contributed by atoms with Crippen molar-refractivity contribution in [1.29, 1.82) is 0 Å². The van der Waals surface area contributed by atoms with Crippen molar-refractivity contribution in [3.63, 3.8) is 0 Å². The van der Waals surface area contributed by atoms with Gasteiger partial charge in [-0.1, -0.05) is 13.8 Å². The summed E-state index contributed by atoms with van der Waals surface area (Å²) in [6.07, 6.45) is 4.61. The third kappa shape index (κ3) is 2.27. The van der Waals surface area contributed by atoms with Crippen molar-refractivity contribution in [3.8, 4) is 0 Å². The summed E-state index contributed by atoms with van der Waals surface area (Å²) in [7, 11) is 0. The van der Waals surface area contributed by atoms with Gasteiger partial charge in [-0.25, -0.2) is 0 Å². The zero-order valence-electron chi connectivity index (χ0n) is 16.0. The Morgan fingerprint density at radius 2 is 1.88 bits per heavy atom. The fourth-order valence-corrected chi connectivity index (χ4v) is 7.79. The van der Waals surface area contributed by atoms with Crippen LogP contribution in [-0.2, 0) is 4.79 Å². The number of rotatable bonds is 2. The molecular formula is C21H34O5. The lowest BCUT2D eigenvalue weighted by Crippen LogP contribution is -2.63. The lowest BCUT2D eigenvalue weighted by atomic mass is 9.44. The third-order valence-electron chi connectivity index (χ3n) is 9.27. The molecular weight excluding hydrogens is 332 g/mol. The molecule has 4 aliphatic carbocycles. The lowest BCUT2D eigenvalue weighted by molar-refractivity contribution is -0.196. The highest BCUT2D eigenvalue weighted by Crippen LogP contribution is 2.67. The summed E-state index contributed by atoms with van der Waals surface area (Å²) < 4.78 is 0. The predicted molar refractivity (Wildman–Crippen MR) is 96.2 cm³/mol. The maximum atomic E-state index is 13.4. The van der Waals surface area contributed by atoms with Crippen molar-refractivity contribution in [3.05, 3.63) is 0 Å². The summed E-state index contributed by atoms with van der Waals surface area (Å²) in [6.45, 7) is 3.74. The molecule has 0 radical (unpaired) electrons. The van der Waals surface area contributed by atoms with Gasteiger partial charge in [0.25, 0.3) is 0 Å². The van der Waals surface area contributed by atoms with Gasteiger partial charge in [0.05, 0.1) is 18.3 Å². The Morgan fingerprint density at radius 1 is 1.15 bits per heavy atom. The second-order valence-corrected chi connectivity index (χ2v) is 10.2. The van der Waals surface area contributed by atoms with E-state index < -0.39 is 23.7 Å². The van der Waals surface area contributed by atoms with Crippen LogP contribution < -0.4 is 0 Å². The number of carbonyl (C=O) groups is 1. The minimum absolute atomic E-state index is 0.0143. The van der Waals surface area contributed by atoms with Crippen LogP contribution in [-0.4, -0.2) is 50.6 Å². The molecule has 4 aliphatic rings. The van der Waals surface area contributed by atoms with Crippen molar-refractivity contribution in [2.45, 2.75) is 83.0 Å². The Morgan fingerprint density at radius 3 is 2.58 bits per heavy atom. The van der Waals surface area contributed by atoms with E-state index in [1.165, 1.54) is 0 Å². The van der Waals surface area contributed by atoms with Gasteiger partial charge >= 0.3 is 0 Å². The van der Waals surface area contributed by atoms with E-state index in [4.69, 9.17) is 0 Å². The molecule has 9 atom stereocenters.